The van der Waals surface area contributed by atoms with Crippen molar-refractivity contribution in [3.8, 4) is 0 Å². The van der Waals surface area contributed by atoms with Crippen LogP contribution in [0.3, 0.4) is 0 Å². The molecular formula is C25H25N3O3S. The zero-order valence-corrected chi connectivity index (χ0v) is 18.8. The Morgan fingerprint density at radius 2 is 1.78 bits per heavy atom. The molecule has 0 radical (unpaired) electrons. The molecule has 0 unspecified atom stereocenters. The molecule has 0 bridgehead atoms. The second-order valence-electron chi connectivity index (χ2n) is 8.28. The van der Waals surface area contributed by atoms with Gasteiger partial charge in [-0.2, -0.15) is 0 Å². The second kappa shape index (κ2) is 8.96. The fourth-order valence-corrected chi connectivity index (χ4v) is 5.14. The Bertz CT molecular complexity index is 1160. The van der Waals surface area contributed by atoms with E-state index >= 15 is 0 Å². The number of rotatable bonds is 6. The van der Waals surface area contributed by atoms with Crippen LogP contribution in [0.2, 0.25) is 0 Å². The molecule has 1 aliphatic heterocycles. The predicted molar refractivity (Wildman–Crippen MR) is 126 cm³/mol. The van der Waals surface area contributed by atoms with Crippen molar-refractivity contribution in [2.45, 2.75) is 25.8 Å². The topological polar surface area (TPSA) is 92.5 Å². The van der Waals surface area contributed by atoms with Crippen LogP contribution >= 0.6 is 11.3 Å². The molecule has 6 nitrogen and oxygen atoms in total. The Labute approximate surface area is 191 Å². The van der Waals surface area contributed by atoms with E-state index in [-0.39, 0.29) is 23.3 Å². The van der Waals surface area contributed by atoms with Crippen molar-refractivity contribution in [3.05, 3.63) is 87.6 Å². The van der Waals surface area contributed by atoms with E-state index in [9.17, 15) is 14.4 Å². The van der Waals surface area contributed by atoms with Gasteiger partial charge in [-0.15, -0.1) is 11.3 Å². The van der Waals surface area contributed by atoms with Gasteiger partial charge in [-0.1, -0.05) is 50.2 Å². The maximum Gasteiger partial charge on any atom is 0.254 e. The lowest BCUT2D eigenvalue weighted by atomic mass is 9.81. The van der Waals surface area contributed by atoms with Crippen molar-refractivity contribution in [2.24, 2.45) is 11.7 Å². The number of nitrogens with two attached hydrogens (primary N) is 1. The summed E-state index contributed by atoms with van der Waals surface area (Å²) >= 11 is 1.52. The summed E-state index contributed by atoms with van der Waals surface area (Å²) in [6.07, 6.45) is 0. The second-order valence-corrected chi connectivity index (χ2v) is 9.25. The number of fused-ring (bicyclic) bond motifs is 1. The number of nitrogens with one attached hydrogen (secondary N) is 1. The lowest BCUT2D eigenvalue weighted by molar-refractivity contribution is -0.119. The maximum atomic E-state index is 13.8. The molecule has 0 saturated heterocycles. The first-order valence-electron chi connectivity index (χ1n) is 10.5. The van der Waals surface area contributed by atoms with Gasteiger partial charge in [0.1, 0.15) is 0 Å². The molecule has 32 heavy (non-hydrogen) atoms. The minimum Gasteiger partial charge on any atom is -0.366 e. The number of benzene rings is 2. The number of carbonyl (C=O) groups is 3. The van der Waals surface area contributed by atoms with Crippen LogP contribution in [0.25, 0.3) is 0 Å². The molecule has 2 heterocycles. The highest BCUT2D eigenvalue weighted by atomic mass is 32.1. The van der Waals surface area contributed by atoms with Crippen molar-refractivity contribution in [1.82, 2.24) is 4.90 Å². The molecule has 0 spiro atoms. The first-order chi connectivity index (χ1) is 15.4. The van der Waals surface area contributed by atoms with E-state index in [4.69, 9.17) is 5.73 Å². The average Bonchev–Trinajstić information content (AvgIpc) is 3.30. The number of anilines is 1. The molecule has 3 aromatic rings. The lowest BCUT2D eigenvalue weighted by Gasteiger charge is -2.42. The van der Waals surface area contributed by atoms with Crippen LogP contribution in [-0.4, -0.2) is 29.2 Å². The third-order valence-corrected chi connectivity index (χ3v) is 6.51. The zero-order chi connectivity index (χ0) is 22.8. The molecule has 2 atom stereocenters. The number of amides is 3. The minimum absolute atomic E-state index is 0.0747. The van der Waals surface area contributed by atoms with E-state index in [1.165, 1.54) is 11.3 Å². The summed E-state index contributed by atoms with van der Waals surface area (Å²) in [5.74, 6) is -1.38. The Balaban J connectivity index is 1.83. The van der Waals surface area contributed by atoms with Gasteiger partial charge in [-0.25, -0.2) is 0 Å². The molecule has 164 valence electrons. The summed E-state index contributed by atoms with van der Waals surface area (Å²) in [6.45, 7) is 4.63. The zero-order valence-electron chi connectivity index (χ0n) is 17.9. The van der Waals surface area contributed by atoms with Crippen molar-refractivity contribution in [2.75, 3.05) is 11.9 Å². The Morgan fingerprint density at radius 1 is 1.06 bits per heavy atom. The van der Waals surface area contributed by atoms with Crippen LogP contribution in [0.5, 0.6) is 0 Å². The maximum absolute atomic E-state index is 13.8. The molecule has 2 aromatic carbocycles. The van der Waals surface area contributed by atoms with Gasteiger partial charge in [0.15, 0.2) is 0 Å². The monoisotopic (exact) mass is 447 g/mol. The fraction of sp³-hybridized carbons (Fsp3) is 0.240. The van der Waals surface area contributed by atoms with Crippen LogP contribution in [0, 0.1) is 5.92 Å². The summed E-state index contributed by atoms with van der Waals surface area (Å²) in [5, 5.41) is 4.86. The molecule has 7 heteroatoms. The van der Waals surface area contributed by atoms with E-state index < -0.39 is 17.9 Å². The van der Waals surface area contributed by atoms with Crippen LogP contribution in [0.4, 0.5) is 5.69 Å². The molecule has 0 aliphatic carbocycles. The van der Waals surface area contributed by atoms with Crippen molar-refractivity contribution in [1.29, 1.82) is 0 Å². The smallest absolute Gasteiger partial charge is 0.254 e. The van der Waals surface area contributed by atoms with E-state index in [1.54, 1.807) is 30.3 Å². The average molecular weight is 448 g/mol. The van der Waals surface area contributed by atoms with Gasteiger partial charge in [-0.05, 0) is 41.1 Å². The number of para-hydroxylation sites is 1. The number of nitrogens with zero attached hydrogens (tertiary/aromatic N) is 1. The van der Waals surface area contributed by atoms with Gasteiger partial charge in [-0.3, -0.25) is 14.4 Å². The molecule has 0 saturated carbocycles. The van der Waals surface area contributed by atoms with Crippen molar-refractivity contribution < 1.29 is 14.4 Å². The summed E-state index contributed by atoms with van der Waals surface area (Å²) < 4.78 is 0. The molecule has 3 amide bonds. The van der Waals surface area contributed by atoms with Crippen LogP contribution in [0.1, 0.15) is 57.0 Å². The molecule has 4 rings (SSSR count). The van der Waals surface area contributed by atoms with Gasteiger partial charge in [0.25, 0.3) is 11.8 Å². The van der Waals surface area contributed by atoms with E-state index in [1.807, 2.05) is 40.6 Å². The third-order valence-electron chi connectivity index (χ3n) is 5.57. The number of hydrogen-bond acceptors (Lipinski definition) is 4. The van der Waals surface area contributed by atoms with E-state index in [0.717, 1.165) is 4.88 Å². The summed E-state index contributed by atoms with van der Waals surface area (Å²) in [6, 6.07) is 17.4. The quantitative estimate of drug-likeness (QED) is 0.586. The Hall–Kier alpha value is -3.45. The number of hydrogen-bond donors (Lipinski definition) is 2. The van der Waals surface area contributed by atoms with Crippen LogP contribution in [-0.2, 0) is 4.79 Å². The van der Waals surface area contributed by atoms with Crippen LogP contribution in [0.15, 0.2) is 66.0 Å². The van der Waals surface area contributed by atoms with Gasteiger partial charge >= 0.3 is 0 Å². The summed E-state index contributed by atoms with van der Waals surface area (Å²) in [5.41, 5.74) is 7.32. The summed E-state index contributed by atoms with van der Waals surface area (Å²) in [4.78, 5) is 41.8. The van der Waals surface area contributed by atoms with Crippen LogP contribution < -0.4 is 11.1 Å². The third kappa shape index (κ3) is 4.03. The largest absolute Gasteiger partial charge is 0.366 e. The SMILES string of the molecule is CC(C)CN1C(=O)c2ccccc2[C@H](C(=O)Nc2ccccc2C(N)=O)[C@@H]1c1cccs1. The number of thiophene rings is 1. The lowest BCUT2D eigenvalue weighted by Crippen LogP contribution is -2.47. The van der Waals surface area contributed by atoms with Gasteiger partial charge in [0.05, 0.1) is 23.2 Å². The van der Waals surface area contributed by atoms with Gasteiger partial charge in [0, 0.05) is 17.0 Å². The molecule has 1 aliphatic rings. The highest BCUT2D eigenvalue weighted by Gasteiger charge is 2.44. The Morgan fingerprint density at radius 3 is 2.47 bits per heavy atom. The first kappa shape index (κ1) is 21.8. The van der Waals surface area contributed by atoms with E-state index in [2.05, 4.69) is 19.2 Å². The minimum atomic E-state index is -0.637. The van der Waals surface area contributed by atoms with Gasteiger partial charge < -0.3 is 16.0 Å². The molecular weight excluding hydrogens is 422 g/mol. The van der Waals surface area contributed by atoms with Crippen molar-refractivity contribution >= 4 is 34.7 Å². The molecule has 1 aromatic heterocycles. The fourth-order valence-electron chi connectivity index (χ4n) is 4.26. The highest BCUT2D eigenvalue weighted by molar-refractivity contribution is 7.10. The number of carbonyl (C=O) groups excluding carboxylic acids is 3. The normalized spacial score (nSPS) is 17.8. The van der Waals surface area contributed by atoms with Gasteiger partial charge in [0.2, 0.25) is 5.91 Å². The standard InChI is InChI=1S/C25H25N3O3S/c1-15(2)14-28-22(20-12-7-13-32-20)21(16-8-3-4-9-17(16)25(28)31)24(30)27-19-11-6-5-10-18(19)23(26)29/h3-13,15,21-22H,14H2,1-2H3,(H2,26,29)(H,27,30)/t21-,22-/m0/s1. The first-order valence-corrected chi connectivity index (χ1v) is 11.4. The molecule has 3 N–H and O–H groups in total. The van der Waals surface area contributed by atoms with E-state index in [0.29, 0.717) is 23.4 Å². The predicted octanol–water partition coefficient (Wildman–Crippen LogP) is 4.42. The highest BCUT2D eigenvalue weighted by Crippen LogP contribution is 2.45. The molecule has 0 fully saturated rings. The van der Waals surface area contributed by atoms with Crippen molar-refractivity contribution in [3.63, 3.8) is 0 Å². The summed E-state index contributed by atoms with van der Waals surface area (Å²) in [7, 11) is 0. The number of primary amides is 1. The Kier molecular flexibility index (Phi) is 6.10.